The quantitative estimate of drug-likeness (QED) is 0.515. The molecule has 2 N–H and O–H groups in total. The van der Waals surface area contributed by atoms with E-state index in [2.05, 4.69) is 9.88 Å². The van der Waals surface area contributed by atoms with Gasteiger partial charge in [0, 0.05) is 44.5 Å². The third-order valence-corrected chi connectivity index (χ3v) is 6.49. The first-order valence-electron chi connectivity index (χ1n) is 12.2. The number of piperidine rings is 1. The molecule has 3 aliphatic rings. The highest BCUT2D eigenvalue weighted by Crippen LogP contribution is 2.38. The number of carboxylic acids is 2. The minimum absolute atomic E-state index is 0.0480. The van der Waals surface area contributed by atoms with Gasteiger partial charge in [-0.3, -0.25) is 9.88 Å². The standard InChI is InChI=1S/C20H30N2O3.2C2HF3O2/c1-16-3-2-4-17(21-16)14-24-19-13-20(25-15-19)7-9-22(10-8-20)18-5-11-23-12-6-18;2*3-2(4,5)1(6)7/h2-4,18-19H,5-15H2,1H3;2*(H,6,7). The van der Waals surface area contributed by atoms with Crippen LogP contribution in [0.2, 0.25) is 0 Å². The van der Waals surface area contributed by atoms with E-state index in [0.29, 0.717) is 12.6 Å². The second kappa shape index (κ2) is 14.2. The molecule has 0 aromatic carbocycles. The number of ether oxygens (including phenoxy) is 3. The van der Waals surface area contributed by atoms with Crippen LogP contribution in [-0.2, 0) is 30.4 Å². The van der Waals surface area contributed by atoms with Crippen molar-refractivity contribution in [2.45, 2.75) is 75.7 Å². The molecule has 4 heterocycles. The second-order valence-corrected chi connectivity index (χ2v) is 9.39. The largest absolute Gasteiger partial charge is 0.490 e. The van der Waals surface area contributed by atoms with Crippen molar-refractivity contribution in [2.24, 2.45) is 0 Å². The average molecular weight is 575 g/mol. The lowest BCUT2D eigenvalue weighted by molar-refractivity contribution is -0.193. The van der Waals surface area contributed by atoms with Gasteiger partial charge in [0.1, 0.15) is 0 Å². The van der Waals surface area contributed by atoms with Crippen LogP contribution in [0.25, 0.3) is 0 Å². The van der Waals surface area contributed by atoms with Gasteiger partial charge in [0.25, 0.3) is 0 Å². The molecule has 0 bridgehead atoms. The zero-order valence-electron chi connectivity index (χ0n) is 21.3. The molecule has 222 valence electrons. The van der Waals surface area contributed by atoms with Crippen LogP contribution in [0.4, 0.5) is 26.3 Å². The van der Waals surface area contributed by atoms with Gasteiger partial charge in [-0.2, -0.15) is 26.3 Å². The molecule has 1 aromatic rings. The summed E-state index contributed by atoms with van der Waals surface area (Å²) in [5.74, 6) is -5.51. The molecule has 0 saturated carbocycles. The van der Waals surface area contributed by atoms with Crippen molar-refractivity contribution in [3.05, 3.63) is 29.6 Å². The molecule has 1 spiro atoms. The van der Waals surface area contributed by atoms with Crippen molar-refractivity contribution in [1.29, 1.82) is 0 Å². The van der Waals surface area contributed by atoms with Crippen molar-refractivity contribution in [1.82, 2.24) is 9.88 Å². The maximum atomic E-state index is 10.6. The highest BCUT2D eigenvalue weighted by molar-refractivity contribution is 5.73. The minimum atomic E-state index is -5.08. The summed E-state index contributed by atoms with van der Waals surface area (Å²) in [5, 5.41) is 14.2. The highest BCUT2D eigenvalue weighted by atomic mass is 19.4. The van der Waals surface area contributed by atoms with Gasteiger partial charge in [-0.15, -0.1) is 0 Å². The van der Waals surface area contributed by atoms with Crippen LogP contribution in [0.1, 0.15) is 43.5 Å². The molecule has 1 atom stereocenters. The summed E-state index contributed by atoms with van der Waals surface area (Å²) in [6.45, 7) is 7.47. The Bertz CT molecular complexity index is 906. The van der Waals surface area contributed by atoms with E-state index in [1.807, 2.05) is 25.1 Å². The molecule has 15 heteroatoms. The van der Waals surface area contributed by atoms with Gasteiger partial charge >= 0.3 is 24.3 Å². The highest BCUT2D eigenvalue weighted by Gasteiger charge is 2.44. The summed E-state index contributed by atoms with van der Waals surface area (Å²) in [6, 6.07) is 6.81. The summed E-state index contributed by atoms with van der Waals surface area (Å²) >= 11 is 0. The lowest BCUT2D eigenvalue weighted by Gasteiger charge is -2.43. The minimum Gasteiger partial charge on any atom is -0.475 e. The van der Waals surface area contributed by atoms with Crippen LogP contribution >= 0.6 is 0 Å². The summed E-state index contributed by atoms with van der Waals surface area (Å²) < 4.78 is 81.3. The van der Waals surface area contributed by atoms with Gasteiger partial charge in [-0.25, -0.2) is 9.59 Å². The predicted octanol–water partition coefficient (Wildman–Crippen LogP) is 3.98. The molecule has 39 heavy (non-hydrogen) atoms. The molecule has 3 saturated heterocycles. The van der Waals surface area contributed by atoms with Crippen molar-refractivity contribution < 1.29 is 60.4 Å². The molecular formula is C24H32F6N2O7. The molecular weight excluding hydrogens is 542 g/mol. The molecule has 1 aromatic heterocycles. The number of rotatable bonds is 4. The fourth-order valence-corrected chi connectivity index (χ4v) is 4.49. The normalized spacial score (nSPS) is 21.9. The van der Waals surface area contributed by atoms with E-state index in [4.69, 9.17) is 34.0 Å². The number of aliphatic carboxylic acids is 2. The van der Waals surface area contributed by atoms with E-state index in [1.165, 1.54) is 12.8 Å². The third-order valence-electron chi connectivity index (χ3n) is 6.49. The number of likely N-dealkylation sites (tertiary alicyclic amines) is 1. The Balaban J connectivity index is 0.000000317. The van der Waals surface area contributed by atoms with E-state index < -0.39 is 24.3 Å². The van der Waals surface area contributed by atoms with E-state index >= 15 is 0 Å². The van der Waals surface area contributed by atoms with Crippen LogP contribution in [0.3, 0.4) is 0 Å². The van der Waals surface area contributed by atoms with Crippen molar-refractivity contribution in [3.63, 3.8) is 0 Å². The van der Waals surface area contributed by atoms with E-state index in [0.717, 1.165) is 63.6 Å². The van der Waals surface area contributed by atoms with Crippen molar-refractivity contribution in [2.75, 3.05) is 32.9 Å². The first-order chi connectivity index (χ1) is 18.1. The summed E-state index contributed by atoms with van der Waals surface area (Å²) in [5.41, 5.74) is 2.10. The summed E-state index contributed by atoms with van der Waals surface area (Å²) in [4.78, 5) is 25.0. The van der Waals surface area contributed by atoms with Gasteiger partial charge in [0.15, 0.2) is 0 Å². The van der Waals surface area contributed by atoms with Crippen molar-refractivity contribution in [3.8, 4) is 0 Å². The Morgan fingerprint density at radius 1 is 1.05 bits per heavy atom. The lowest BCUT2D eigenvalue weighted by atomic mass is 9.87. The average Bonchev–Trinajstić information content (AvgIpc) is 3.26. The number of carboxylic acid groups (broad SMARTS) is 2. The number of hydrogen-bond donors (Lipinski definition) is 2. The van der Waals surface area contributed by atoms with Crippen LogP contribution in [0, 0.1) is 6.92 Å². The number of hydrogen-bond acceptors (Lipinski definition) is 7. The summed E-state index contributed by atoms with van der Waals surface area (Å²) in [6.07, 6.45) is -4.30. The number of pyridine rings is 1. The van der Waals surface area contributed by atoms with Gasteiger partial charge < -0.3 is 24.4 Å². The maximum absolute atomic E-state index is 10.6. The fourth-order valence-electron chi connectivity index (χ4n) is 4.49. The van der Waals surface area contributed by atoms with E-state index in [1.54, 1.807) is 0 Å². The zero-order valence-corrected chi connectivity index (χ0v) is 21.3. The zero-order chi connectivity index (χ0) is 29.3. The Kier molecular flexibility index (Phi) is 11.9. The maximum Gasteiger partial charge on any atom is 0.490 e. The van der Waals surface area contributed by atoms with Crippen LogP contribution in [-0.4, -0.2) is 95.0 Å². The van der Waals surface area contributed by atoms with Crippen LogP contribution in [0.15, 0.2) is 18.2 Å². The number of alkyl halides is 6. The van der Waals surface area contributed by atoms with Gasteiger partial charge in [-0.1, -0.05) is 6.07 Å². The topological polar surface area (TPSA) is 118 Å². The lowest BCUT2D eigenvalue weighted by Crippen LogP contribution is -2.49. The Morgan fingerprint density at radius 3 is 2.08 bits per heavy atom. The number of carbonyl (C=O) groups is 2. The molecule has 3 fully saturated rings. The molecule has 4 rings (SSSR count). The van der Waals surface area contributed by atoms with Gasteiger partial charge in [0.05, 0.1) is 30.6 Å². The fraction of sp³-hybridized carbons (Fsp3) is 0.708. The molecule has 0 aliphatic carbocycles. The predicted molar refractivity (Wildman–Crippen MR) is 123 cm³/mol. The first-order valence-corrected chi connectivity index (χ1v) is 12.2. The Morgan fingerprint density at radius 2 is 1.59 bits per heavy atom. The smallest absolute Gasteiger partial charge is 0.475 e. The molecule has 9 nitrogen and oxygen atoms in total. The number of aromatic nitrogens is 1. The third kappa shape index (κ3) is 11.3. The molecule has 3 aliphatic heterocycles. The monoisotopic (exact) mass is 574 g/mol. The van der Waals surface area contributed by atoms with Gasteiger partial charge in [0.2, 0.25) is 0 Å². The van der Waals surface area contributed by atoms with Crippen LogP contribution in [0.5, 0.6) is 0 Å². The SMILES string of the molecule is Cc1cccc(COC2COC3(CCN(C4CCOCC4)CC3)C2)n1.O=C(O)C(F)(F)F.O=C(O)C(F)(F)F. The number of halogens is 6. The second-order valence-electron chi connectivity index (χ2n) is 9.39. The Hall–Kier alpha value is -2.49. The van der Waals surface area contributed by atoms with E-state index in [-0.39, 0.29) is 11.7 Å². The van der Waals surface area contributed by atoms with Crippen LogP contribution < -0.4 is 0 Å². The number of nitrogens with zero attached hydrogens (tertiary/aromatic N) is 2. The van der Waals surface area contributed by atoms with E-state index in [9.17, 15) is 26.3 Å². The van der Waals surface area contributed by atoms with Crippen molar-refractivity contribution >= 4 is 11.9 Å². The first kappa shape index (κ1) is 32.7. The Labute approximate surface area is 221 Å². The number of aryl methyl sites for hydroxylation is 1. The van der Waals surface area contributed by atoms with Gasteiger partial charge in [-0.05, 0) is 44.7 Å². The molecule has 0 amide bonds. The molecule has 1 unspecified atom stereocenters. The summed E-state index contributed by atoms with van der Waals surface area (Å²) in [7, 11) is 0. The molecule has 0 radical (unpaired) electrons.